The number of rotatable bonds is 5. The predicted octanol–water partition coefficient (Wildman–Crippen LogP) is 0.621. The minimum absolute atomic E-state index is 0.291. The first-order chi connectivity index (χ1) is 8.12. The van der Waals surface area contributed by atoms with Crippen molar-refractivity contribution in [2.24, 2.45) is 0 Å². The third-order valence-corrected chi connectivity index (χ3v) is 2.42. The van der Waals surface area contributed by atoms with Crippen LogP contribution in [0.2, 0.25) is 0 Å². The Morgan fingerprint density at radius 3 is 2.47 bits per heavy atom. The first-order valence-electron chi connectivity index (χ1n) is 5.21. The summed E-state index contributed by atoms with van der Waals surface area (Å²) in [5.41, 5.74) is 1.76. The second-order valence-corrected chi connectivity index (χ2v) is 3.57. The van der Waals surface area contributed by atoms with Crippen LogP contribution in [0.5, 0.6) is 11.5 Å². The number of benzene rings is 1. The number of methoxy groups -OCH3 is 2. The molecule has 5 nitrogen and oxygen atoms in total. The molecule has 2 N–H and O–H groups in total. The average molecular weight is 239 g/mol. The third kappa shape index (κ3) is 3.35. The van der Waals surface area contributed by atoms with Crippen molar-refractivity contribution in [1.82, 2.24) is 5.32 Å². The van der Waals surface area contributed by atoms with Gasteiger partial charge in [-0.3, -0.25) is 4.79 Å². The monoisotopic (exact) mass is 239 g/mol. The summed E-state index contributed by atoms with van der Waals surface area (Å²) in [6.45, 7) is 1.68. The number of hydrogen-bond donors (Lipinski definition) is 2. The minimum atomic E-state index is -0.523. The third-order valence-electron chi connectivity index (χ3n) is 2.42. The molecule has 1 rings (SSSR count). The number of carbonyl (C=O) groups is 1. The summed E-state index contributed by atoms with van der Waals surface area (Å²) in [4.78, 5) is 11.0. The zero-order valence-corrected chi connectivity index (χ0v) is 10.2. The Morgan fingerprint density at radius 1 is 1.29 bits per heavy atom. The van der Waals surface area contributed by atoms with Gasteiger partial charge in [0.1, 0.15) is 18.1 Å². The van der Waals surface area contributed by atoms with Crippen LogP contribution in [-0.2, 0) is 11.3 Å². The van der Waals surface area contributed by atoms with Gasteiger partial charge >= 0.3 is 0 Å². The predicted molar refractivity (Wildman–Crippen MR) is 63.2 cm³/mol. The fourth-order valence-corrected chi connectivity index (χ4v) is 1.50. The van der Waals surface area contributed by atoms with Crippen LogP contribution in [0.1, 0.15) is 11.1 Å². The number of aliphatic hydroxyl groups excluding tert-OH is 1. The Hall–Kier alpha value is -1.75. The molecule has 0 atom stereocenters. The first kappa shape index (κ1) is 13.3. The highest BCUT2D eigenvalue weighted by Crippen LogP contribution is 2.27. The van der Waals surface area contributed by atoms with E-state index in [9.17, 15) is 4.79 Å². The zero-order valence-electron chi connectivity index (χ0n) is 10.2. The van der Waals surface area contributed by atoms with Crippen LogP contribution < -0.4 is 14.8 Å². The van der Waals surface area contributed by atoms with Crippen LogP contribution in [-0.4, -0.2) is 31.8 Å². The second-order valence-electron chi connectivity index (χ2n) is 3.57. The van der Waals surface area contributed by atoms with Gasteiger partial charge in [0.2, 0.25) is 5.91 Å². The molecule has 0 aliphatic rings. The van der Waals surface area contributed by atoms with Gasteiger partial charge in [-0.1, -0.05) is 0 Å². The number of amides is 1. The first-order valence-corrected chi connectivity index (χ1v) is 5.21. The highest BCUT2D eigenvalue weighted by atomic mass is 16.5. The molecule has 94 valence electrons. The summed E-state index contributed by atoms with van der Waals surface area (Å²) >= 11 is 0. The maximum absolute atomic E-state index is 11.0. The van der Waals surface area contributed by atoms with E-state index in [1.807, 2.05) is 19.1 Å². The minimum Gasteiger partial charge on any atom is -0.496 e. The molecule has 1 aromatic rings. The molecule has 0 aromatic heterocycles. The van der Waals surface area contributed by atoms with Crippen LogP contribution in [0.15, 0.2) is 12.1 Å². The van der Waals surface area contributed by atoms with Crippen LogP contribution in [0.25, 0.3) is 0 Å². The Balaban J connectivity index is 2.92. The van der Waals surface area contributed by atoms with Crippen molar-refractivity contribution in [3.63, 3.8) is 0 Å². The zero-order chi connectivity index (χ0) is 12.8. The molecule has 1 amide bonds. The lowest BCUT2D eigenvalue weighted by atomic mass is 10.1. The summed E-state index contributed by atoms with van der Waals surface area (Å²) in [7, 11) is 3.16. The molecular formula is C12H17NO4. The summed E-state index contributed by atoms with van der Waals surface area (Å²) in [5, 5.41) is 11.2. The van der Waals surface area contributed by atoms with E-state index in [2.05, 4.69) is 5.32 Å². The van der Waals surface area contributed by atoms with Crippen LogP contribution in [0.3, 0.4) is 0 Å². The van der Waals surface area contributed by atoms with Crippen LogP contribution >= 0.6 is 0 Å². The van der Waals surface area contributed by atoms with E-state index in [0.717, 1.165) is 16.9 Å². The molecule has 0 unspecified atom stereocenters. The van der Waals surface area contributed by atoms with Gasteiger partial charge in [0, 0.05) is 12.1 Å². The Labute approximate surface area is 100 Å². The van der Waals surface area contributed by atoms with Crippen molar-refractivity contribution in [2.45, 2.75) is 13.5 Å². The van der Waals surface area contributed by atoms with E-state index < -0.39 is 12.5 Å². The summed E-state index contributed by atoms with van der Waals surface area (Å²) in [5.74, 6) is 0.993. The molecular weight excluding hydrogens is 222 g/mol. The number of aliphatic hydroxyl groups is 1. The Morgan fingerprint density at radius 2 is 1.94 bits per heavy atom. The van der Waals surface area contributed by atoms with Gasteiger partial charge in [0.15, 0.2) is 0 Å². The average Bonchev–Trinajstić information content (AvgIpc) is 2.36. The number of ether oxygens (including phenoxy) is 2. The van der Waals surface area contributed by atoms with Gasteiger partial charge < -0.3 is 19.9 Å². The fraction of sp³-hybridized carbons (Fsp3) is 0.417. The largest absolute Gasteiger partial charge is 0.496 e. The molecule has 0 spiro atoms. The lowest BCUT2D eigenvalue weighted by molar-refractivity contribution is -0.123. The smallest absolute Gasteiger partial charge is 0.245 e. The highest BCUT2D eigenvalue weighted by molar-refractivity contribution is 5.76. The van der Waals surface area contributed by atoms with Crippen molar-refractivity contribution in [1.29, 1.82) is 0 Å². The van der Waals surface area contributed by atoms with Crippen molar-refractivity contribution in [2.75, 3.05) is 20.8 Å². The number of hydrogen-bond acceptors (Lipinski definition) is 4. The second kappa shape index (κ2) is 6.10. The van der Waals surface area contributed by atoms with E-state index in [1.54, 1.807) is 14.2 Å². The lowest BCUT2D eigenvalue weighted by Crippen LogP contribution is -2.25. The van der Waals surface area contributed by atoms with Gasteiger partial charge in [-0.25, -0.2) is 0 Å². The van der Waals surface area contributed by atoms with Crippen molar-refractivity contribution >= 4 is 5.91 Å². The van der Waals surface area contributed by atoms with Gasteiger partial charge in [-0.2, -0.15) is 0 Å². The molecule has 0 bridgehead atoms. The maximum atomic E-state index is 11.0. The molecule has 17 heavy (non-hydrogen) atoms. The molecule has 0 fully saturated rings. The molecule has 5 heteroatoms. The van der Waals surface area contributed by atoms with Crippen molar-refractivity contribution < 1.29 is 19.4 Å². The van der Waals surface area contributed by atoms with E-state index >= 15 is 0 Å². The quantitative estimate of drug-likeness (QED) is 0.790. The van der Waals surface area contributed by atoms with Crippen LogP contribution in [0, 0.1) is 6.92 Å². The topological polar surface area (TPSA) is 67.8 Å². The van der Waals surface area contributed by atoms with E-state index in [4.69, 9.17) is 14.6 Å². The molecule has 1 aromatic carbocycles. The molecule has 0 aliphatic heterocycles. The van der Waals surface area contributed by atoms with Gasteiger partial charge in [0.05, 0.1) is 14.2 Å². The van der Waals surface area contributed by atoms with Crippen molar-refractivity contribution in [3.05, 3.63) is 23.3 Å². The van der Waals surface area contributed by atoms with E-state index in [0.29, 0.717) is 12.3 Å². The molecule has 0 saturated carbocycles. The van der Waals surface area contributed by atoms with Gasteiger partial charge in [-0.05, 0) is 24.6 Å². The molecule has 0 radical (unpaired) electrons. The Kier molecular flexibility index (Phi) is 4.78. The van der Waals surface area contributed by atoms with Gasteiger partial charge in [-0.15, -0.1) is 0 Å². The molecule has 0 aliphatic carbocycles. The molecule has 0 heterocycles. The number of nitrogens with one attached hydrogen (secondary N) is 1. The Bertz CT molecular complexity index is 404. The summed E-state index contributed by atoms with van der Waals surface area (Å²) in [6, 6.07) is 3.66. The van der Waals surface area contributed by atoms with E-state index in [1.165, 1.54) is 0 Å². The number of aryl methyl sites for hydroxylation is 1. The summed E-state index contributed by atoms with van der Waals surface area (Å²) < 4.78 is 10.4. The standard InChI is InChI=1S/C12H17NO4/c1-8-4-11(17-3)9(5-10(8)16-2)6-13-12(15)7-14/h4-5,14H,6-7H2,1-3H3,(H,13,15). The fourth-order valence-electron chi connectivity index (χ4n) is 1.50. The SMILES string of the molecule is COc1cc(CNC(=O)CO)c(OC)cc1C. The van der Waals surface area contributed by atoms with Crippen LogP contribution in [0.4, 0.5) is 0 Å². The van der Waals surface area contributed by atoms with Gasteiger partial charge in [0.25, 0.3) is 0 Å². The molecule has 0 saturated heterocycles. The normalized spacial score (nSPS) is 9.88. The maximum Gasteiger partial charge on any atom is 0.245 e. The lowest BCUT2D eigenvalue weighted by Gasteiger charge is -2.13. The summed E-state index contributed by atoms with van der Waals surface area (Å²) in [6.07, 6.45) is 0. The highest BCUT2D eigenvalue weighted by Gasteiger charge is 2.09. The van der Waals surface area contributed by atoms with E-state index in [-0.39, 0.29) is 0 Å². The van der Waals surface area contributed by atoms with Crippen molar-refractivity contribution in [3.8, 4) is 11.5 Å². The number of carbonyl (C=O) groups excluding carboxylic acids is 1.